The number of hydrogen-bond acceptors (Lipinski definition) is 2. The molecule has 14 heavy (non-hydrogen) atoms. The average Bonchev–Trinajstić information content (AvgIpc) is 2.62. The molecule has 0 saturated carbocycles. The molecule has 0 spiro atoms. The van der Waals surface area contributed by atoms with E-state index >= 15 is 0 Å². The SMILES string of the molecule is O/N=C(/Cl)c1c[nH]c2cccc(Cl)c12. The highest BCUT2D eigenvalue weighted by molar-refractivity contribution is 6.70. The lowest BCUT2D eigenvalue weighted by molar-refractivity contribution is 0.321. The molecule has 0 fully saturated rings. The molecule has 0 saturated heterocycles. The summed E-state index contributed by atoms with van der Waals surface area (Å²) < 4.78 is 0. The third-order valence-electron chi connectivity index (χ3n) is 1.97. The van der Waals surface area contributed by atoms with Crippen molar-refractivity contribution in [3.05, 3.63) is 35.0 Å². The Morgan fingerprint density at radius 1 is 1.43 bits per heavy atom. The van der Waals surface area contributed by atoms with Gasteiger partial charge < -0.3 is 10.2 Å². The zero-order valence-corrected chi connectivity index (χ0v) is 8.47. The van der Waals surface area contributed by atoms with E-state index in [4.69, 9.17) is 28.4 Å². The van der Waals surface area contributed by atoms with E-state index in [1.165, 1.54) is 0 Å². The summed E-state index contributed by atoms with van der Waals surface area (Å²) in [5.74, 6) is 0. The van der Waals surface area contributed by atoms with E-state index < -0.39 is 0 Å². The van der Waals surface area contributed by atoms with Gasteiger partial charge in [-0.25, -0.2) is 0 Å². The number of aromatic nitrogens is 1. The lowest BCUT2D eigenvalue weighted by Crippen LogP contribution is -1.88. The number of nitrogens with zero attached hydrogens (tertiary/aromatic N) is 1. The fourth-order valence-electron chi connectivity index (χ4n) is 1.36. The molecule has 1 heterocycles. The van der Waals surface area contributed by atoms with Gasteiger partial charge in [0.25, 0.3) is 0 Å². The molecule has 5 heteroatoms. The van der Waals surface area contributed by atoms with E-state index in [9.17, 15) is 0 Å². The average molecular weight is 229 g/mol. The van der Waals surface area contributed by atoms with Gasteiger partial charge in [-0.3, -0.25) is 0 Å². The maximum absolute atomic E-state index is 8.56. The van der Waals surface area contributed by atoms with Crippen LogP contribution in [0.15, 0.2) is 29.6 Å². The van der Waals surface area contributed by atoms with E-state index in [-0.39, 0.29) is 5.17 Å². The van der Waals surface area contributed by atoms with E-state index in [1.54, 1.807) is 12.3 Å². The van der Waals surface area contributed by atoms with Crippen LogP contribution in [0.1, 0.15) is 5.56 Å². The van der Waals surface area contributed by atoms with Gasteiger partial charge in [0.05, 0.1) is 5.02 Å². The Morgan fingerprint density at radius 2 is 2.21 bits per heavy atom. The molecule has 0 amide bonds. The van der Waals surface area contributed by atoms with Gasteiger partial charge >= 0.3 is 0 Å². The predicted octanol–water partition coefficient (Wildman–Crippen LogP) is 3.20. The fourth-order valence-corrected chi connectivity index (χ4v) is 1.78. The quantitative estimate of drug-likeness (QED) is 0.440. The molecule has 0 aliphatic heterocycles. The number of halogens is 2. The number of hydrogen-bond donors (Lipinski definition) is 2. The number of aromatic amines is 1. The van der Waals surface area contributed by atoms with Crippen molar-refractivity contribution in [2.75, 3.05) is 0 Å². The monoisotopic (exact) mass is 228 g/mol. The molecule has 2 aromatic rings. The Bertz CT molecular complexity index is 504. The van der Waals surface area contributed by atoms with Crippen molar-refractivity contribution in [2.45, 2.75) is 0 Å². The Balaban J connectivity index is 2.80. The number of fused-ring (bicyclic) bond motifs is 1. The Morgan fingerprint density at radius 3 is 2.93 bits per heavy atom. The maximum atomic E-state index is 8.56. The first kappa shape index (κ1) is 9.37. The zero-order valence-electron chi connectivity index (χ0n) is 6.96. The van der Waals surface area contributed by atoms with Crippen LogP contribution in [0.25, 0.3) is 10.9 Å². The molecule has 0 aliphatic carbocycles. The van der Waals surface area contributed by atoms with Gasteiger partial charge in [0, 0.05) is 22.7 Å². The van der Waals surface area contributed by atoms with Gasteiger partial charge in [0.2, 0.25) is 0 Å². The van der Waals surface area contributed by atoms with Gasteiger partial charge in [-0.15, -0.1) is 0 Å². The van der Waals surface area contributed by atoms with Crippen LogP contribution in [0.5, 0.6) is 0 Å². The first-order valence-electron chi connectivity index (χ1n) is 3.87. The normalized spacial score (nSPS) is 12.3. The van der Waals surface area contributed by atoms with Crippen LogP contribution in [-0.4, -0.2) is 15.4 Å². The number of H-pyrrole nitrogens is 1. The molecule has 0 bridgehead atoms. The van der Waals surface area contributed by atoms with Crippen LogP contribution >= 0.6 is 23.2 Å². The molecular formula is C9H6Cl2N2O. The summed E-state index contributed by atoms with van der Waals surface area (Å²) in [4.78, 5) is 2.98. The smallest absolute Gasteiger partial charge is 0.177 e. The van der Waals surface area contributed by atoms with Gasteiger partial charge in [-0.2, -0.15) is 0 Å². The number of oxime groups is 1. The summed E-state index contributed by atoms with van der Waals surface area (Å²) >= 11 is 11.7. The third-order valence-corrected chi connectivity index (χ3v) is 2.56. The second-order valence-corrected chi connectivity index (χ2v) is 3.52. The Labute approximate surface area is 89.9 Å². The summed E-state index contributed by atoms with van der Waals surface area (Å²) in [7, 11) is 0. The van der Waals surface area contributed by atoms with E-state index in [2.05, 4.69) is 10.1 Å². The molecule has 72 valence electrons. The lowest BCUT2D eigenvalue weighted by atomic mass is 10.2. The Kier molecular flexibility index (Phi) is 2.35. The molecule has 0 unspecified atom stereocenters. The first-order valence-corrected chi connectivity index (χ1v) is 4.63. The summed E-state index contributed by atoms with van der Waals surface area (Å²) in [6.07, 6.45) is 1.65. The minimum Gasteiger partial charge on any atom is -0.410 e. The highest BCUT2D eigenvalue weighted by Crippen LogP contribution is 2.27. The second-order valence-electron chi connectivity index (χ2n) is 2.76. The minimum absolute atomic E-state index is 0.0179. The molecule has 0 radical (unpaired) electrons. The molecule has 3 nitrogen and oxygen atoms in total. The van der Waals surface area contributed by atoms with Crippen molar-refractivity contribution in [3.8, 4) is 0 Å². The van der Waals surface area contributed by atoms with Gasteiger partial charge in [0.15, 0.2) is 5.17 Å². The Hall–Kier alpha value is -1.19. The largest absolute Gasteiger partial charge is 0.410 e. The van der Waals surface area contributed by atoms with Gasteiger partial charge in [-0.05, 0) is 12.1 Å². The summed E-state index contributed by atoms with van der Waals surface area (Å²) in [6, 6.07) is 5.45. The highest BCUT2D eigenvalue weighted by Gasteiger charge is 2.10. The summed E-state index contributed by atoms with van der Waals surface area (Å²) in [6.45, 7) is 0. The van der Waals surface area contributed by atoms with Gasteiger partial charge in [0.1, 0.15) is 0 Å². The van der Waals surface area contributed by atoms with Crippen molar-refractivity contribution in [1.82, 2.24) is 4.98 Å². The van der Waals surface area contributed by atoms with Crippen LogP contribution in [0, 0.1) is 0 Å². The minimum atomic E-state index is 0.0179. The molecule has 2 rings (SSSR count). The number of rotatable bonds is 1. The van der Waals surface area contributed by atoms with Crippen LogP contribution in [0.2, 0.25) is 5.02 Å². The number of benzene rings is 1. The van der Waals surface area contributed by atoms with E-state index in [1.807, 2.05) is 12.1 Å². The first-order chi connectivity index (χ1) is 6.74. The van der Waals surface area contributed by atoms with Crippen LogP contribution < -0.4 is 0 Å². The second kappa shape index (κ2) is 3.52. The summed E-state index contributed by atoms with van der Waals surface area (Å²) in [5, 5.41) is 12.8. The molecule has 1 aromatic heterocycles. The fraction of sp³-hybridized carbons (Fsp3) is 0. The van der Waals surface area contributed by atoms with Crippen molar-refractivity contribution in [1.29, 1.82) is 0 Å². The molecule has 0 aliphatic rings. The zero-order chi connectivity index (χ0) is 10.1. The topological polar surface area (TPSA) is 48.4 Å². The molecule has 1 aromatic carbocycles. The molecular weight excluding hydrogens is 223 g/mol. The molecule has 0 atom stereocenters. The van der Waals surface area contributed by atoms with Crippen molar-refractivity contribution < 1.29 is 5.21 Å². The lowest BCUT2D eigenvalue weighted by Gasteiger charge is -1.96. The van der Waals surface area contributed by atoms with Crippen molar-refractivity contribution in [2.24, 2.45) is 5.16 Å². The van der Waals surface area contributed by atoms with Crippen LogP contribution in [-0.2, 0) is 0 Å². The molecule has 2 N–H and O–H groups in total. The summed E-state index contributed by atoms with van der Waals surface area (Å²) in [5.41, 5.74) is 1.45. The van der Waals surface area contributed by atoms with E-state index in [0.29, 0.717) is 10.6 Å². The number of nitrogens with one attached hydrogen (secondary N) is 1. The predicted molar refractivity (Wildman–Crippen MR) is 57.5 cm³/mol. The maximum Gasteiger partial charge on any atom is 0.177 e. The van der Waals surface area contributed by atoms with Crippen LogP contribution in [0.4, 0.5) is 0 Å². The third kappa shape index (κ3) is 1.35. The highest BCUT2D eigenvalue weighted by atomic mass is 35.5. The van der Waals surface area contributed by atoms with Crippen LogP contribution in [0.3, 0.4) is 0 Å². The van der Waals surface area contributed by atoms with Crippen molar-refractivity contribution in [3.63, 3.8) is 0 Å². The van der Waals surface area contributed by atoms with E-state index in [0.717, 1.165) is 10.9 Å². The van der Waals surface area contributed by atoms with Gasteiger partial charge in [-0.1, -0.05) is 34.4 Å². The van der Waals surface area contributed by atoms with Crippen molar-refractivity contribution >= 4 is 39.3 Å². The standard InChI is InChI=1S/C9H6Cl2N2O/c10-6-2-1-3-7-8(6)5(4-12-7)9(11)13-14/h1-4,12,14H/b13-9+.